The summed E-state index contributed by atoms with van der Waals surface area (Å²) in [5.41, 5.74) is 2.24. The molecule has 0 bridgehead atoms. The highest BCUT2D eigenvalue weighted by atomic mass is 32.2. The molecule has 0 saturated carbocycles. The Kier molecular flexibility index (Phi) is 5.70. The van der Waals surface area contributed by atoms with Gasteiger partial charge in [0.15, 0.2) is 4.34 Å². The average molecular weight is 377 g/mol. The third-order valence-corrected chi connectivity index (χ3v) is 5.89. The lowest BCUT2D eigenvalue weighted by Crippen LogP contribution is -2.33. The minimum absolute atomic E-state index is 0.0740. The molecular weight excluding hydrogens is 356 g/mol. The first-order valence-corrected chi connectivity index (χ1v) is 9.99. The summed E-state index contributed by atoms with van der Waals surface area (Å²) in [5.74, 6) is 0.485. The highest BCUT2D eigenvalue weighted by molar-refractivity contribution is 8.01. The van der Waals surface area contributed by atoms with E-state index >= 15 is 0 Å². The normalized spacial score (nSPS) is 14.4. The van der Waals surface area contributed by atoms with Crippen LogP contribution in [-0.4, -0.2) is 39.2 Å². The summed E-state index contributed by atoms with van der Waals surface area (Å²) in [7, 11) is 0. The molecule has 2 aromatic rings. The number of carbonyl (C=O) groups excluding carboxylic acids is 2. The second-order valence-electron chi connectivity index (χ2n) is 6.11. The number of nitrogens with zero attached hydrogens (tertiary/aromatic N) is 3. The fourth-order valence-corrected chi connectivity index (χ4v) is 4.15. The van der Waals surface area contributed by atoms with Crippen molar-refractivity contribution in [1.29, 1.82) is 0 Å². The van der Waals surface area contributed by atoms with Gasteiger partial charge in [-0.3, -0.25) is 14.5 Å². The van der Waals surface area contributed by atoms with Crippen molar-refractivity contribution in [2.45, 2.75) is 36.9 Å². The van der Waals surface area contributed by atoms with Gasteiger partial charge in [0.05, 0.1) is 5.75 Å². The van der Waals surface area contributed by atoms with Crippen LogP contribution in [0.5, 0.6) is 0 Å². The summed E-state index contributed by atoms with van der Waals surface area (Å²) in [6.07, 6.45) is 1.23. The van der Waals surface area contributed by atoms with Crippen molar-refractivity contribution >= 4 is 45.7 Å². The molecule has 0 atom stereocenters. The number of aromatic nitrogens is 2. The van der Waals surface area contributed by atoms with Crippen molar-refractivity contribution in [2.24, 2.45) is 0 Å². The first-order valence-electron chi connectivity index (χ1n) is 8.19. The van der Waals surface area contributed by atoms with Crippen molar-refractivity contribution in [3.63, 3.8) is 0 Å². The van der Waals surface area contributed by atoms with Crippen molar-refractivity contribution in [1.82, 2.24) is 15.1 Å². The van der Waals surface area contributed by atoms with Crippen LogP contribution in [0.4, 0.5) is 10.8 Å². The molecule has 1 N–H and O–H groups in total. The summed E-state index contributed by atoms with van der Waals surface area (Å²) < 4.78 is 0.710. The minimum Gasteiger partial charge on any atom is -0.330 e. The van der Waals surface area contributed by atoms with Crippen LogP contribution in [0.3, 0.4) is 0 Å². The molecule has 0 radical (unpaired) electrons. The smallest absolute Gasteiger partial charge is 0.239 e. The first kappa shape index (κ1) is 17.9. The maximum Gasteiger partial charge on any atom is 0.239 e. The molecule has 1 aliphatic heterocycles. The molecule has 6 nitrogen and oxygen atoms in total. The maximum atomic E-state index is 12.0. The number of imide groups is 1. The Morgan fingerprint density at radius 2 is 2.08 bits per heavy atom. The maximum absolute atomic E-state index is 12.0. The van der Waals surface area contributed by atoms with Crippen LogP contribution in [-0.2, 0) is 9.59 Å². The molecule has 25 heavy (non-hydrogen) atoms. The number of hydrogen-bond acceptors (Lipinski definition) is 7. The monoisotopic (exact) mass is 376 g/mol. The molecule has 8 heteroatoms. The number of benzene rings is 1. The second kappa shape index (κ2) is 7.97. The molecule has 2 amide bonds. The number of hydrogen-bond donors (Lipinski definition) is 1. The van der Waals surface area contributed by atoms with E-state index in [1.807, 2.05) is 12.1 Å². The summed E-state index contributed by atoms with van der Waals surface area (Å²) in [6, 6.07) is 8.23. The number of rotatable bonds is 6. The number of nitrogens with one attached hydrogen (secondary N) is 1. The number of likely N-dealkylation sites (tertiary alicyclic amines) is 1. The Balaban J connectivity index is 1.53. The van der Waals surface area contributed by atoms with Gasteiger partial charge < -0.3 is 5.32 Å². The van der Waals surface area contributed by atoms with Crippen LogP contribution in [0.1, 0.15) is 38.2 Å². The lowest BCUT2D eigenvalue weighted by Gasteiger charge is -2.11. The van der Waals surface area contributed by atoms with E-state index in [0.717, 1.165) is 12.1 Å². The van der Waals surface area contributed by atoms with Crippen molar-refractivity contribution in [2.75, 3.05) is 17.6 Å². The van der Waals surface area contributed by atoms with Crippen molar-refractivity contribution in [3.8, 4) is 0 Å². The molecule has 1 aliphatic rings. The van der Waals surface area contributed by atoms with Crippen LogP contribution in [0, 0.1) is 0 Å². The number of thioether (sulfide) groups is 1. The highest BCUT2D eigenvalue weighted by Gasteiger charge is 2.26. The van der Waals surface area contributed by atoms with Gasteiger partial charge in [0, 0.05) is 18.7 Å². The van der Waals surface area contributed by atoms with Gasteiger partial charge in [-0.15, -0.1) is 10.2 Å². The topological polar surface area (TPSA) is 75.2 Å². The Labute approximate surface area is 155 Å². The predicted octanol–water partition coefficient (Wildman–Crippen LogP) is 3.65. The van der Waals surface area contributed by atoms with Gasteiger partial charge in [0.1, 0.15) is 0 Å². The molecule has 1 fully saturated rings. The lowest BCUT2D eigenvalue weighted by atomic mass is 10.0. The van der Waals surface area contributed by atoms with E-state index in [2.05, 4.69) is 41.5 Å². The molecule has 2 heterocycles. The Bertz CT molecular complexity index is 758. The average Bonchev–Trinajstić information content (AvgIpc) is 3.22. The molecular formula is C17H20N4O2S2. The molecule has 0 unspecified atom stereocenters. The van der Waals surface area contributed by atoms with Crippen molar-refractivity contribution in [3.05, 3.63) is 29.8 Å². The molecule has 1 saturated heterocycles. The van der Waals surface area contributed by atoms with Gasteiger partial charge in [0.25, 0.3) is 0 Å². The van der Waals surface area contributed by atoms with Gasteiger partial charge in [-0.05, 0) is 30.0 Å². The van der Waals surface area contributed by atoms with Crippen molar-refractivity contribution < 1.29 is 9.59 Å². The zero-order chi connectivity index (χ0) is 17.8. The van der Waals surface area contributed by atoms with E-state index in [-0.39, 0.29) is 17.6 Å². The predicted molar refractivity (Wildman–Crippen MR) is 100 cm³/mol. The van der Waals surface area contributed by atoms with E-state index < -0.39 is 0 Å². The highest BCUT2D eigenvalue weighted by Crippen LogP contribution is 2.28. The number of anilines is 2. The fourth-order valence-electron chi connectivity index (χ4n) is 2.51. The minimum atomic E-state index is -0.151. The summed E-state index contributed by atoms with van der Waals surface area (Å²) in [4.78, 5) is 24.9. The van der Waals surface area contributed by atoms with Crippen LogP contribution in [0.15, 0.2) is 28.6 Å². The number of amides is 2. The Hall–Kier alpha value is -1.93. The third-order valence-electron chi connectivity index (χ3n) is 3.93. The molecule has 1 aromatic carbocycles. The summed E-state index contributed by atoms with van der Waals surface area (Å²) >= 11 is 2.71. The van der Waals surface area contributed by atoms with Crippen LogP contribution >= 0.6 is 23.1 Å². The van der Waals surface area contributed by atoms with E-state index in [4.69, 9.17) is 0 Å². The van der Waals surface area contributed by atoms with Gasteiger partial charge >= 0.3 is 0 Å². The molecule has 0 aliphatic carbocycles. The molecule has 1 aromatic heterocycles. The molecule has 0 spiro atoms. The second-order valence-corrected chi connectivity index (χ2v) is 8.31. The summed E-state index contributed by atoms with van der Waals surface area (Å²) in [6.45, 7) is 4.86. The fraction of sp³-hybridized carbons (Fsp3) is 0.412. The summed E-state index contributed by atoms with van der Waals surface area (Å²) in [5, 5.41) is 12.1. The Morgan fingerprint density at radius 3 is 2.72 bits per heavy atom. The van der Waals surface area contributed by atoms with Gasteiger partial charge in [-0.2, -0.15) is 0 Å². The van der Waals surface area contributed by atoms with E-state index in [1.165, 1.54) is 33.6 Å². The van der Waals surface area contributed by atoms with Crippen LogP contribution in [0.2, 0.25) is 0 Å². The quantitative estimate of drug-likeness (QED) is 0.776. The van der Waals surface area contributed by atoms with Gasteiger partial charge in [-0.1, -0.05) is 49.1 Å². The number of carbonyl (C=O) groups is 2. The van der Waals surface area contributed by atoms with E-state index in [1.54, 1.807) is 0 Å². The zero-order valence-electron chi connectivity index (χ0n) is 14.2. The van der Waals surface area contributed by atoms with E-state index in [9.17, 15) is 9.59 Å². The zero-order valence-corrected chi connectivity index (χ0v) is 15.8. The van der Waals surface area contributed by atoms with E-state index in [0.29, 0.717) is 28.4 Å². The third kappa shape index (κ3) is 4.58. The molecule has 3 rings (SSSR count). The largest absolute Gasteiger partial charge is 0.330 e. The standard InChI is InChI=1S/C17H20N4O2S2/c1-11(2)12-5-7-13(8-6-12)18-16-19-20-17(25-16)24-10-15(23)21-9-3-4-14(21)22/h5-8,11H,3-4,9-10H2,1-2H3,(H,18,19). The van der Waals surface area contributed by atoms with Gasteiger partial charge in [-0.25, -0.2) is 0 Å². The van der Waals surface area contributed by atoms with Crippen LogP contribution in [0.25, 0.3) is 0 Å². The SMILES string of the molecule is CC(C)c1ccc(Nc2nnc(SCC(=O)N3CCCC3=O)s2)cc1. The molecule has 132 valence electrons. The van der Waals surface area contributed by atoms with Gasteiger partial charge in [0.2, 0.25) is 16.9 Å². The lowest BCUT2D eigenvalue weighted by molar-refractivity contribution is -0.140. The first-order chi connectivity index (χ1) is 12.0. The Morgan fingerprint density at radius 1 is 1.32 bits per heavy atom. The van der Waals surface area contributed by atoms with Crippen LogP contribution < -0.4 is 5.32 Å².